The summed E-state index contributed by atoms with van der Waals surface area (Å²) >= 11 is 1.53. The van der Waals surface area contributed by atoms with E-state index in [1.165, 1.54) is 11.3 Å². The van der Waals surface area contributed by atoms with Crippen molar-refractivity contribution in [3.63, 3.8) is 0 Å². The second-order valence-corrected chi connectivity index (χ2v) is 4.76. The maximum atomic E-state index is 11.6. The van der Waals surface area contributed by atoms with Crippen molar-refractivity contribution < 1.29 is 14.3 Å². The Hall–Kier alpha value is -1.88. The first-order chi connectivity index (χ1) is 9.22. The highest BCUT2D eigenvalue weighted by Gasteiger charge is 2.18. The summed E-state index contributed by atoms with van der Waals surface area (Å²) in [5.74, 6) is 0.296. The van der Waals surface area contributed by atoms with Crippen LogP contribution in [-0.2, 0) is 9.53 Å². The predicted octanol–water partition coefficient (Wildman–Crippen LogP) is 3.14. The van der Waals surface area contributed by atoms with Gasteiger partial charge in [0.25, 0.3) is 0 Å². The predicted molar refractivity (Wildman–Crippen MR) is 74.3 cm³/mol. The minimum Gasteiger partial charge on any atom is -0.477 e. The van der Waals surface area contributed by atoms with E-state index < -0.39 is 6.10 Å². The van der Waals surface area contributed by atoms with Crippen LogP contribution in [0.3, 0.4) is 0 Å². The topological polar surface area (TPSA) is 48.4 Å². The van der Waals surface area contributed by atoms with E-state index in [1.807, 2.05) is 29.6 Å². The van der Waals surface area contributed by atoms with E-state index in [1.54, 1.807) is 20.0 Å². The van der Waals surface area contributed by atoms with Crippen LogP contribution in [0.25, 0.3) is 10.6 Å². The highest BCUT2D eigenvalue weighted by Crippen LogP contribution is 2.34. The molecule has 0 saturated carbocycles. The van der Waals surface area contributed by atoms with E-state index in [0.717, 1.165) is 10.6 Å². The fraction of sp³-hybridized carbons (Fsp3) is 0.286. The van der Waals surface area contributed by atoms with Crippen LogP contribution in [0.1, 0.15) is 13.8 Å². The van der Waals surface area contributed by atoms with Gasteiger partial charge in [0.05, 0.1) is 17.2 Å². The van der Waals surface area contributed by atoms with Crippen molar-refractivity contribution in [3.05, 3.63) is 35.8 Å². The van der Waals surface area contributed by atoms with Crippen LogP contribution in [-0.4, -0.2) is 23.7 Å². The van der Waals surface area contributed by atoms with E-state index >= 15 is 0 Å². The zero-order valence-corrected chi connectivity index (χ0v) is 11.6. The van der Waals surface area contributed by atoms with Crippen molar-refractivity contribution in [1.29, 1.82) is 0 Å². The third kappa shape index (κ3) is 3.32. The van der Waals surface area contributed by atoms with Gasteiger partial charge in [-0.25, -0.2) is 4.79 Å². The number of ether oxygens (including phenoxy) is 2. The number of hydrogen-bond acceptors (Lipinski definition) is 5. The number of hydrogen-bond donors (Lipinski definition) is 0. The molecule has 0 aliphatic heterocycles. The highest BCUT2D eigenvalue weighted by molar-refractivity contribution is 7.14. The molecule has 0 aliphatic carbocycles. The van der Waals surface area contributed by atoms with Crippen LogP contribution < -0.4 is 4.74 Å². The lowest BCUT2D eigenvalue weighted by molar-refractivity contribution is -0.150. The zero-order chi connectivity index (χ0) is 13.7. The molecule has 0 aromatic carbocycles. The highest BCUT2D eigenvalue weighted by atomic mass is 32.1. The maximum absolute atomic E-state index is 11.6. The summed E-state index contributed by atoms with van der Waals surface area (Å²) in [4.78, 5) is 16.8. The van der Waals surface area contributed by atoms with Crippen molar-refractivity contribution in [1.82, 2.24) is 4.98 Å². The van der Waals surface area contributed by atoms with Crippen LogP contribution in [0, 0.1) is 0 Å². The summed E-state index contributed by atoms with van der Waals surface area (Å²) in [6, 6.07) is 7.53. The standard InChI is InChI=1S/C14H15NO3S/c1-3-17-14(16)10(2)18-12-7-9-19-13(12)11-6-4-5-8-15-11/h4-10H,3H2,1-2H3. The number of esters is 1. The molecule has 4 nitrogen and oxygen atoms in total. The largest absolute Gasteiger partial charge is 0.477 e. The van der Waals surface area contributed by atoms with Gasteiger partial charge in [-0.2, -0.15) is 0 Å². The summed E-state index contributed by atoms with van der Waals surface area (Å²) < 4.78 is 10.6. The Balaban J connectivity index is 2.15. The molecule has 5 heteroatoms. The molecule has 2 aromatic rings. The number of aromatic nitrogens is 1. The molecule has 2 aromatic heterocycles. The minimum atomic E-state index is -0.628. The van der Waals surface area contributed by atoms with Gasteiger partial charge in [0, 0.05) is 6.20 Å². The lowest BCUT2D eigenvalue weighted by Gasteiger charge is -2.13. The molecule has 0 aliphatic rings. The Morgan fingerprint density at radius 2 is 2.26 bits per heavy atom. The monoisotopic (exact) mass is 277 g/mol. The number of carbonyl (C=O) groups is 1. The average molecular weight is 277 g/mol. The molecule has 100 valence electrons. The van der Waals surface area contributed by atoms with Crippen molar-refractivity contribution in [2.24, 2.45) is 0 Å². The molecule has 0 fully saturated rings. The smallest absolute Gasteiger partial charge is 0.347 e. The van der Waals surface area contributed by atoms with Crippen molar-refractivity contribution >= 4 is 17.3 Å². The molecule has 1 atom stereocenters. The van der Waals surface area contributed by atoms with Gasteiger partial charge in [-0.05, 0) is 37.4 Å². The fourth-order valence-electron chi connectivity index (χ4n) is 1.57. The van der Waals surface area contributed by atoms with Gasteiger partial charge in [0.15, 0.2) is 6.10 Å². The van der Waals surface area contributed by atoms with E-state index in [2.05, 4.69) is 4.98 Å². The number of pyridine rings is 1. The van der Waals surface area contributed by atoms with Crippen LogP contribution in [0.15, 0.2) is 35.8 Å². The van der Waals surface area contributed by atoms with E-state index in [0.29, 0.717) is 12.4 Å². The Morgan fingerprint density at radius 1 is 1.42 bits per heavy atom. The van der Waals surface area contributed by atoms with Gasteiger partial charge in [0.2, 0.25) is 0 Å². The van der Waals surface area contributed by atoms with Gasteiger partial charge < -0.3 is 9.47 Å². The normalized spacial score (nSPS) is 11.9. The summed E-state index contributed by atoms with van der Waals surface area (Å²) in [6.45, 7) is 3.80. The molecular formula is C14H15NO3S. The van der Waals surface area contributed by atoms with Gasteiger partial charge in [-0.15, -0.1) is 11.3 Å². The van der Waals surface area contributed by atoms with Crippen molar-refractivity contribution in [2.75, 3.05) is 6.61 Å². The third-order valence-corrected chi connectivity index (χ3v) is 3.37. The molecular weight excluding hydrogens is 262 g/mol. The second kappa shape index (κ2) is 6.33. The van der Waals surface area contributed by atoms with E-state index in [-0.39, 0.29) is 5.97 Å². The molecule has 0 N–H and O–H groups in total. The molecule has 0 saturated heterocycles. The first-order valence-electron chi connectivity index (χ1n) is 6.04. The Labute approximate surface area is 116 Å². The quantitative estimate of drug-likeness (QED) is 0.788. The molecule has 0 radical (unpaired) electrons. The van der Waals surface area contributed by atoms with Gasteiger partial charge in [-0.1, -0.05) is 6.07 Å². The molecule has 0 bridgehead atoms. The van der Waals surface area contributed by atoms with Gasteiger partial charge in [0.1, 0.15) is 5.75 Å². The van der Waals surface area contributed by atoms with Crippen LogP contribution in [0.2, 0.25) is 0 Å². The molecule has 2 heterocycles. The van der Waals surface area contributed by atoms with Crippen molar-refractivity contribution in [2.45, 2.75) is 20.0 Å². The Bertz CT molecular complexity index is 539. The number of rotatable bonds is 5. The third-order valence-electron chi connectivity index (χ3n) is 2.45. The number of thiophene rings is 1. The minimum absolute atomic E-state index is 0.350. The molecule has 1 unspecified atom stereocenters. The molecule has 2 rings (SSSR count). The Kier molecular flexibility index (Phi) is 4.52. The van der Waals surface area contributed by atoms with Gasteiger partial charge in [-0.3, -0.25) is 4.98 Å². The summed E-state index contributed by atoms with van der Waals surface area (Å²) in [5.41, 5.74) is 0.837. The first-order valence-corrected chi connectivity index (χ1v) is 6.92. The van der Waals surface area contributed by atoms with E-state index in [4.69, 9.17) is 9.47 Å². The maximum Gasteiger partial charge on any atom is 0.347 e. The zero-order valence-electron chi connectivity index (χ0n) is 10.8. The first kappa shape index (κ1) is 13.5. The molecule has 19 heavy (non-hydrogen) atoms. The van der Waals surface area contributed by atoms with Crippen molar-refractivity contribution in [3.8, 4) is 16.3 Å². The molecule has 0 amide bonds. The summed E-state index contributed by atoms with van der Waals surface area (Å²) in [7, 11) is 0. The van der Waals surface area contributed by atoms with E-state index in [9.17, 15) is 4.79 Å². The summed E-state index contributed by atoms with van der Waals surface area (Å²) in [6.07, 6.45) is 1.10. The lowest BCUT2D eigenvalue weighted by Crippen LogP contribution is -2.26. The van der Waals surface area contributed by atoms with Crippen LogP contribution >= 0.6 is 11.3 Å². The summed E-state index contributed by atoms with van der Waals surface area (Å²) in [5, 5.41) is 1.91. The number of nitrogens with zero attached hydrogens (tertiary/aromatic N) is 1. The van der Waals surface area contributed by atoms with Gasteiger partial charge >= 0.3 is 5.97 Å². The SMILES string of the molecule is CCOC(=O)C(C)Oc1ccsc1-c1ccccn1. The van der Waals surface area contributed by atoms with Crippen LogP contribution in [0.4, 0.5) is 0 Å². The second-order valence-electron chi connectivity index (χ2n) is 3.84. The number of carbonyl (C=O) groups excluding carboxylic acids is 1. The molecule has 0 spiro atoms. The van der Waals surface area contributed by atoms with Crippen LogP contribution in [0.5, 0.6) is 5.75 Å². The fourth-order valence-corrected chi connectivity index (χ4v) is 2.37. The average Bonchev–Trinajstić information content (AvgIpc) is 2.88. The lowest BCUT2D eigenvalue weighted by atomic mass is 10.3. The Morgan fingerprint density at radius 3 is 2.95 bits per heavy atom.